The van der Waals surface area contributed by atoms with Gasteiger partial charge in [0.1, 0.15) is 5.41 Å². The summed E-state index contributed by atoms with van der Waals surface area (Å²) in [4.78, 5) is 23.2. The Hall–Kier alpha value is -2.35. The molecule has 1 aliphatic carbocycles. The Kier molecular flexibility index (Phi) is 3.02. The van der Waals surface area contributed by atoms with Crippen LogP contribution in [0, 0.1) is 16.7 Å². The molecule has 1 fully saturated rings. The van der Waals surface area contributed by atoms with Gasteiger partial charge in [-0.1, -0.05) is 12.1 Å². The number of benzene rings is 1. The monoisotopic (exact) mass is 243 g/mol. The molecule has 5 nitrogen and oxygen atoms in total. The normalized spacial score (nSPS) is 16.2. The molecule has 5 heteroatoms. The van der Waals surface area contributed by atoms with Gasteiger partial charge in [-0.3, -0.25) is 9.59 Å². The van der Waals surface area contributed by atoms with Gasteiger partial charge in [0.25, 0.3) is 5.91 Å². The van der Waals surface area contributed by atoms with Crippen molar-refractivity contribution in [3.8, 4) is 6.07 Å². The van der Waals surface area contributed by atoms with E-state index in [1.807, 2.05) is 0 Å². The number of anilines is 1. The fraction of sp³-hybridized carbons (Fsp3) is 0.308. The number of hydrogen-bond donors (Lipinski definition) is 2. The van der Waals surface area contributed by atoms with Crippen LogP contribution >= 0.6 is 0 Å². The molecular weight excluding hydrogens is 230 g/mol. The largest absolute Gasteiger partial charge is 0.366 e. The average molecular weight is 243 g/mol. The van der Waals surface area contributed by atoms with E-state index in [9.17, 15) is 9.59 Å². The van der Waals surface area contributed by atoms with E-state index in [2.05, 4.69) is 11.4 Å². The summed E-state index contributed by atoms with van der Waals surface area (Å²) in [7, 11) is 0. The lowest BCUT2D eigenvalue weighted by Gasteiger charge is -2.33. The minimum absolute atomic E-state index is 0.248. The predicted octanol–water partition coefficient (Wildman–Crippen LogP) is 1.42. The van der Waals surface area contributed by atoms with E-state index >= 15 is 0 Å². The Morgan fingerprint density at radius 1 is 1.33 bits per heavy atom. The summed E-state index contributed by atoms with van der Waals surface area (Å²) < 4.78 is 0. The molecule has 0 spiro atoms. The Morgan fingerprint density at radius 2 is 2.00 bits per heavy atom. The maximum Gasteiger partial charge on any atom is 0.250 e. The number of nitrogens with two attached hydrogens (primary N) is 1. The molecule has 0 unspecified atom stereocenters. The first-order valence-electron chi connectivity index (χ1n) is 5.70. The second-order valence-corrected chi connectivity index (χ2v) is 4.41. The lowest BCUT2D eigenvalue weighted by molar-refractivity contribution is -0.126. The van der Waals surface area contributed by atoms with Crippen molar-refractivity contribution < 1.29 is 9.59 Å². The molecule has 3 N–H and O–H groups in total. The molecule has 0 heterocycles. The number of nitrogens with zero attached hydrogens (tertiary/aromatic N) is 1. The zero-order valence-corrected chi connectivity index (χ0v) is 9.77. The molecule has 1 aliphatic rings. The minimum Gasteiger partial charge on any atom is -0.366 e. The van der Waals surface area contributed by atoms with Crippen molar-refractivity contribution in [2.75, 3.05) is 5.32 Å². The standard InChI is InChI=1S/C13H13N3O2/c14-8-13(6-3-7-13)12(18)16-10-5-2-1-4-9(10)11(15)17/h1-2,4-5H,3,6-7H2,(H2,15,17)(H,16,18). The summed E-state index contributed by atoms with van der Waals surface area (Å²) in [6, 6.07) is 8.56. The molecule has 0 aromatic heterocycles. The van der Waals surface area contributed by atoms with E-state index in [1.165, 1.54) is 6.07 Å². The van der Waals surface area contributed by atoms with Gasteiger partial charge in [-0.25, -0.2) is 0 Å². The molecule has 0 aliphatic heterocycles. The molecular formula is C13H13N3O2. The number of nitrogens with one attached hydrogen (secondary N) is 1. The number of carbonyl (C=O) groups is 2. The average Bonchev–Trinajstić information content (AvgIpc) is 2.28. The molecule has 1 aromatic carbocycles. The van der Waals surface area contributed by atoms with Gasteiger partial charge in [0, 0.05) is 0 Å². The molecule has 92 valence electrons. The van der Waals surface area contributed by atoms with Gasteiger partial charge in [-0.05, 0) is 31.4 Å². The minimum atomic E-state index is -0.940. The number of para-hydroxylation sites is 1. The van der Waals surface area contributed by atoms with Crippen LogP contribution in [0.4, 0.5) is 5.69 Å². The summed E-state index contributed by atoms with van der Waals surface area (Å²) in [6.45, 7) is 0. The zero-order valence-electron chi connectivity index (χ0n) is 9.77. The van der Waals surface area contributed by atoms with Crippen LogP contribution in [0.3, 0.4) is 0 Å². The van der Waals surface area contributed by atoms with Gasteiger partial charge in [-0.2, -0.15) is 5.26 Å². The van der Waals surface area contributed by atoms with Crippen molar-refractivity contribution >= 4 is 17.5 Å². The third-order valence-corrected chi connectivity index (χ3v) is 3.30. The summed E-state index contributed by atoms with van der Waals surface area (Å²) in [5.74, 6) is -0.963. The van der Waals surface area contributed by atoms with Crippen LogP contribution in [0.15, 0.2) is 24.3 Å². The highest BCUT2D eigenvalue weighted by Gasteiger charge is 2.44. The number of rotatable bonds is 3. The van der Waals surface area contributed by atoms with Crippen LogP contribution in [0.5, 0.6) is 0 Å². The molecule has 1 saturated carbocycles. The van der Waals surface area contributed by atoms with E-state index in [0.29, 0.717) is 18.5 Å². The van der Waals surface area contributed by atoms with Crippen molar-refractivity contribution in [3.05, 3.63) is 29.8 Å². The van der Waals surface area contributed by atoms with Crippen LogP contribution in [0.1, 0.15) is 29.6 Å². The van der Waals surface area contributed by atoms with E-state index in [-0.39, 0.29) is 11.5 Å². The molecule has 2 rings (SSSR count). The van der Waals surface area contributed by atoms with Crippen molar-refractivity contribution in [2.45, 2.75) is 19.3 Å². The number of nitriles is 1. The highest BCUT2D eigenvalue weighted by atomic mass is 16.2. The highest BCUT2D eigenvalue weighted by Crippen LogP contribution is 2.41. The lowest BCUT2D eigenvalue weighted by Crippen LogP contribution is -2.41. The predicted molar refractivity (Wildman–Crippen MR) is 65.5 cm³/mol. The molecule has 0 bridgehead atoms. The first-order chi connectivity index (χ1) is 8.59. The van der Waals surface area contributed by atoms with Crippen LogP contribution < -0.4 is 11.1 Å². The topological polar surface area (TPSA) is 96.0 Å². The zero-order chi connectivity index (χ0) is 13.2. The second-order valence-electron chi connectivity index (χ2n) is 4.41. The van der Waals surface area contributed by atoms with Gasteiger partial charge >= 0.3 is 0 Å². The van der Waals surface area contributed by atoms with Crippen LogP contribution in [-0.2, 0) is 4.79 Å². The fourth-order valence-corrected chi connectivity index (χ4v) is 1.97. The van der Waals surface area contributed by atoms with Gasteiger partial charge in [0.15, 0.2) is 0 Å². The summed E-state index contributed by atoms with van der Waals surface area (Å²) in [6.07, 6.45) is 2.00. The van der Waals surface area contributed by atoms with Gasteiger partial charge in [0.05, 0.1) is 17.3 Å². The van der Waals surface area contributed by atoms with E-state index < -0.39 is 11.3 Å². The SMILES string of the molecule is N#CC1(C(=O)Nc2ccccc2C(N)=O)CCC1. The first kappa shape index (κ1) is 12.1. The lowest BCUT2D eigenvalue weighted by atomic mass is 9.69. The third-order valence-electron chi connectivity index (χ3n) is 3.30. The Morgan fingerprint density at radius 3 is 2.50 bits per heavy atom. The molecule has 0 saturated heterocycles. The van der Waals surface area contributed by atoms with Crippen molar-refractivity contribution in [2.24, 2.45) is 11.1 Å². The van der Waals surface area contributed by atoms with Crippen LogP contribution in [0.2, 0.25) is 0 Å². The first-order valence-corrected chi connectivity index (χ1v) is 5.70. The van der Waals surface area contributed by atoms with E-state index in [4.69, 9.17) is 11.0 Å². The van der Waals surface area contributed by atoms with Gasteiger partial charge in [-0.15, -0.1) is 0 Å². The van der Waals surface area contributed by atoms with Gasteiger partial charge in [0.2, 0.25) is 5.91 Å². The maximum atomic E-state index is 12.0. The van der Waals surface area contributed by atoms with E-state index in [1.54, 1.807) is 18.2 Å². The highest BCUT2D eigenvalue weighted by molar-refractivity contribution is 6.05. The molecule has 0 radical (unpaired) electrons. The number of carbonyl (C=O) groups excluding carboxylic acids is 2. The molecule has 18 heavy (non-hydrogen) atoms. The summed E-state index contributed by atoms with van der Waals surface area (Å²) in [5.41, 5.74) is 4.89. The molecule has 1 aromatic rings. The quantitative estimate of drug-likeness (QED) is 0.840. The Labute approximate surface area is 105 Å². The Balaban J connectivity index is 2.23. The fourth-order valence-electron chi connectivity index (χ4n) is 1.97. The van der Waals surface area contributed by atoms with Crippen molar-refractivity contribution in [1.29, 1.82) is 5.26 Å². The van der Waals surface area contributed by atoms with Gasteiger partial charge < -0.3 is 11.1 Å². The summed E-state index contributed by atoms with van der Waals surface area (Å²) >= 11 is 0. The third kappa shape index (κ3) is 1.93. The van der Waals surface area contributed by atoms with Crippen molar-refractivity contribution in [3.63, 3.8) is 0 Å². The molecule has 0 atom stereocenters. The second kappa shape index (κ2) is 4.49. The smallest absolute Gasteiger partial charge is 0.250 e. The van der Waals surface area contributed by atoms with Crippen LogP contribution in [0.25, 0.3) is 0 Å². The number of amides is 2. The number of hydrogen-bond acceptors (Lipinski definition) is 3. The van der Waals surface area contributed by atoms with E-state index in [0.717, 1.165) is 6.42 Å². The van der Waals surface area contributed by atoms with Crippen molar-refractivity contribution in [1.82, 2.24) is 0 Å². The summed E-state index contributed by atoms with van der Waals surface area (Å²) in [5, 5.41) is 11.7. The Bertz CT molecular complexity index is 541. The van der Waals surface area contributed by atoms with Crippen LogP contribution in [-0.4, -0.2) is 11.8 Å². The number of primary amides is 1. The maximum absolute atomic E-state index is 12.0. The molecule has 2 amide bonds.